The second kappa shape index (κ2) is 3.83. The van der Waals surface area contributed by atoms with Crippen molar-refractivity contribution < 1.29 is 18.0 Å². The number of primary amides is 1. The average molecular weight is 199 g/mol. The van der Waals surface area contributed by atoms with Gasteiger partial charge in [-0.2, -0.15) is 0 Å². The number of halogens is 3. The zero-order chi connectivity index (χ0) is 10.7. The van der Waals surface area contributed by atoms with Crippen molar-refractivity contribution in [3.8, 4) is 11.8 Å². The minimum absolute atomic E-state index is 0.348. The lowest BCUT2D eigenvalue weighted by molar-refractivity contribution is -0.112. The summed E-state index contributed by atoms with van der Waals surface area (Å²) in [7, 11) is 0. The summed E-state index contributed by atoms with van der Waals surface area (Å²) in [4.78, 5) is 10.2. The molecule has 0 spiro atoms. The number of nitrogens with two attached hydrogens (primary N) is 1. The topological polar surface area (TPSA) is 43.1 Å². The summed E-state index contributed by atoms with van der Waals surface area (Å²) in [6, 6.07) is 0.904. The van der Waals surface area contributed by atoms with E-state index in [1.54, 1.807) is 0 Å². The first kappa shape index (κ1) is 10.1. The van der Waals surface area contributed by atoms with Crippen molar-refractivity contribution in [3.63, 3.8) is 0 Å². The Morgan fingerprint density at radius 1 is 1.14 bits per heavy atom. The molecule has 1 aromatic carbocycles. The van der Waals surface area contributed by atoms with Crippen LogP contribution in [0.4, 0.5) is 13.2 Å². The van der Waals surface area contributed by atoms with Crippen molar-refractivity contribution in [1.82, 2.24) is 0 Å². The number of amides is 1. The van der Waals surface area contributed by atoms with E-state index in [0.29, 0.717) is 12.1 Å². The summed E-state index contributed by atoms with van der Waals surface area (Å²) >= 11 is 0. The van der Waals surface area contributed by atoms with Crippen LogP contribution in [0.3, 0.4) is 0 Å². The van der Waals surface area contributed by atoms with Crippen LogP contribution < -0.4 is 5.73 Å². The molecule has 0 atom stereocenters. The van der Waals surface area contributed by atoms with E-state index in [0.717, 1.165) is 0 Å². The summed E-state index contributed by atoms with van der Waals surface area (Å²) in [5.74, 6) is -0.787. The second-order valence-electron chi connectivity index (χ2n) is 2.36. The molecule has 1 amide bonds. The number of hydrogen-bond donors (Lipinski definition) is 1. The van der Waals surface area contributed by atoms with Gasteiger partial charge >= 0.3 is 0 Å². The number of carbonyl (C=O) groups is 1. The fourth-order valence-corrected chi connectivity index (χ4v) is 0.747. The van der Waals surface area contributed by atoms with Crippen molar-refractivity contribution >= 4 is 5.91 Å². The fraction of sp³-hybridized carbons (Fsp3) is 0. The molecule has 0 aliphatic carbocycles. The van der Waals surface area contributed by atoms with E-state index >= 15 is 0 Å². The monoisotopic (exact) mass is 199 g/mol. The molecule has 14 heavy (non-hydrogen) atoms. The third-order valence-electron chi connectivity index (χ3n) is 1.33. The number of carbonyl (C=O) groups excluding carboxylic acids is 1. The first-order valence-electron chi connectivity index (χ1n) is 3.46. The molecule has 5 heteroatoms. The number of benzene rings is 1. The quantitative estimate of drug-likeness (QED) is 0.490. The highest BCUT2D eigenvalue weighted by molar-refractivity contribution is 5.92. The third-order valence-corrected chi connectivity index (χ3v) is 1.33. The van der Waals surface area contributed by atoms with Gasteiger partial charge in [-0.25, -0.2) is 13.2 Å². The maximum atomic E-state index is 12.8. The molecular formula is C9H4F3NO. The van der Waals surface area contributed by atoms with E-state index in [9.17, 15) is 18.0 Å². The molecule has 0 aliphatic heterocycles. The maximum Gasteiger partial charge on any atom is 0.293 e. The second-order valence-corrected chi connectivity index (χ2v) is 2.36. The largest absolute Gasteiger partial charge is 0.359 e. The molecule has 1 rings (SSSR count). The molecule has 1 aromatic rings. The van der Waals surface area contributed by atoms with Crippen LogP contribution in [0.15, 0.2) is 12.1 Å². The molecule has 0 fully saturated rings. The lowest BCUT2D eigenvalue weighted by Gasteiger charge is -1.95. The van der Waals surface area contributed by atoms with Gasteiger partial charge in [-0.05, 0) is 6.07 Å². The molecule has 0 saturated heterocycles. The molecular weight excluding hydrogens is 195 g/mol. The Labute approximate surface area is 77.5 Å². The highest BCUT2D eigenvalue weighted by Gasteiger charge is 2.07. The normalized spacial score (nSPS) is 9.07. The van der Waals surface area contributed by atoms with Crippen LogP contribution in [0.5, 0.6) is 0 Å². The predicted octanol–water partition coefficient (Wildman–Crippen LogP) is 0.941. The fourth-order valence-electron chi connectivity index (χ4n) is 0.747. The zero-order valence-electron chi connectivity index (χ0n) is 6.77. The van der Waals surface area contributed by atoms with E-state index in [1.807, 2.05) is 11.8 Å². The Hall–Kier alpha value is -1.96. The highest BCUT2D eigenvalue weighted by atomic mass is 19.2. The van der Waals surface area contributed by atoms with E-state index in [2.05, 4.69) is 5.73 Å². The van der Waals surface area contributed by atoms with Gasteiger partial charge in [-0.15, -0.1) is 0 Å². The van der Waals surface area contributed by atoms with Gasteiger partial charge in [0.1, 0.15) is 5.82 Å². The Bertz CT molecular complexity index is 445. The smallest absolute Gasteiger partial charge is 0.293 e. The van der Waals surface area contributed by atoms with Crippen molar-refractivity contribution in [2.45, 2.75) is 0 Å². The van der Waals surface area contributed by atoms with Crippen LogP contribution in [-0.2, 0) is 4.79 Å². The van der Waals surface area contributed by atoms with Gasteiger partial charge in [0.2, 0.25) is 0 Å². The lowest BCUT2D eigenvalue weighted by Crippen LogP contribution is -2.06. The zero-order valence-corrected chi connectivity index (χ0v) is 6.77. The van der Waals surface area contributed by atoms with Crippen molar-refractivity contribution in [2.24, 2.45) is 5.73 Å². The molecule has 0 radical (unpaired) electrons. The average Bonchev–Trinajstić information content (AvgIpc) is 2.09. The number of rotatable bonds is 0. The van der Waals surface area contributed by atoms with Gasteiger partial charge in [0.05, 0.1) is 5.56 Å². The van der Waals surface area contributed by atoms with Crippen LogP contribution in [-0.4, -0.2) is 5.91 Å². The molecule has 0 aliphatic rings. The van der Waals surface area contributed by atoms with Crippen molar-refractivity contribution in [1.29, 1.82) is 0 Å². The van der Waals surface area contributed by atoms with Gasteiger partial charge in [0.25, 0.3) is 5.91 Å². The summed E-state index contributed by atoms with van der Waals surface area (Å²) in [5.41, 5.74) is 4.24. The minimum Gasteiger partial charge on any atom is -0.359 e. The van der Waals surface area contributed by atoms with Gasteiger partial charge in [0, 0.05) is 12.0 Å². The molecule has 0 aromatic heterocycles. The molecule has 72 valence electrons. The summed E-state index contributed by atoms with van der Waals surface area (Å²) in [6.45, 7) is 0. The highest BCUT2D eigenvalue weighted by Crippen LogP contribution is 2.12. The Morgan fingerprint density at radius 3 is 2.29 bits per heavy atom. The summed E-state index contributed by atoms with van der Waals surface area (Å²) in [5, 5.41) is 0. The molecule has 0 unspecified atom stereocenters. The van der Waals surface area contributed by atoms with Crippen LogP contribution in [0.25, 0.3) is 0 Å². The van der Waals surface area contributed by atoms with E-state index < -0.39 is 28.9 Å². The molecule has 0 saturated carbocycles. The Kier molecular flexibility index (Phi) is 2.77. The lowest BCUT2D eigenvalue weighted by atomic mass is 10.2. The standard InChI is InChI=1S/C9H4F3NO/c10-6-4-8(12)7(11)3-5(6)1-2-9(13)14/h3-4H,(H2,13,14). The first-order valence-corrected chi connectivity index (χ1v) is 3.46. The Morgan fingerprint density at radius 2 is 1.71 bits per heavy atom. The molecule has 2 N–H and O–H groups in total. The van der Waals surface area contributed by atoms with Crippen LogP contribution in [0.2, 0.25) is 0 Å². The van der Waals surface area contributed by atoms with Crippen LogP contribution >= 0.6 is 0 Å². The first-order chi connectivity index (χ1) is 6.50. The molecule has 0 heterocycles. The third kappa shape index (κ3) is 2.26. The summed E-state index contributed by atoms with van der Waals surface area (Å²) < 4.78 is 37.8. The maximum absolute atomic E-state index is 12.8. The minimum atomic E-state index is -1.31. The van der Waals surface area contributed by atoms with Gasteiger partial charge < -0.3 is 5.73 Å². The van der Waals surface area contributed by atoms with E-state index in [4.69, 9.17) is 0 Å². The van der Waals surface area contributed by atoms with Crippen molar-refractivity contribution in [3.05, 3.63) is 35.1 Å². The molecule has 0 bridgehead atoms. The number of hydrogen-bond acceptors (Lipinski definition) is 1. The van der Waals surface area contributed by atoms with Crippen LogP contribution in [0, 0.1) is 29.3 Å². The molecule has 2 nitrogen and oxygen atoms in total. The Balaban J connectivity index is 3.18. The van der Waals surface area contributed by atoms with E-state index in [1.165, 1.54) is 0 Å². The van der Waals surface area contributed by atoms with Crippen LogP contribution in [0.1, 0.15) is 5.56 Å². The van der Waals surface area contributed by atoms with Gasteiger partial charge in [0.15, 0.2) is 11.6 Å². The summed E-state index contributed by atoms with van der Waals surface area (Å²) in [6.07, 6.45) is 0. The SMILES string of the molecule is NC(=O)C#Cc1cc(F)c(F)cc1F. The van der Waals surface area contributed by atoms with E-state index in [-0.39, 0.29) is 0 Å². The van der Waals surface area contributed by atoms with Gasteiger partial charge in [-0.1, -0.05) is 5.92 Å². The van der Waals surface area contributed by atoms with Crippen molar-refractivity contribution in [2.75, 3.05) is 0 Å². The predicted molar refractivity (Wildman–Crippen MR) is 42.4 cm³/mol. The van der Waals surface area contributed by atoms with Gasteiger partial charge in [-0.3, -0.25) is 4.79 Å².